The van der Waals surface area contributed by atoms with Crippen molar-refractivity contribution >= 4 is 0 Å². The lowest BCUT2D eigenvalue weighted by Crippen LogP contribution is -2.21. The summed E-state index contributed by atoms with van der Waals surface area (Å²) in [5.41, 5.74) is -2.63. The van der Waals surface area contributed by atoms with Gasteiger partial charge in [-0.05, 0) is 26.0 Å². The van der Waals surface area contributed by atoms with Crippen LogP contribution in [0.25, 0.3) is 0 Å². The average Bonchev–Trinajstić information content (AvgIpc) is 2.49. The Labute approximate surface area is 131 Å². The number of hydrogen-bond acceptors (Lipinski definition) is 2. The molecule has 2 N–H and O–H groups in total. The first-order valence-electron chi connectivity index (χ1n) is 6.86. The minimum absolute atomic E-state index is 0.226. The third-order valence-corrected chi connectivity index (χ3v) is 4.19. The van der Waals surface area contributed by atoms with Crippen LogP contribution in [0.15, 0.2) is 12.1 Å². The molecule has 0 unspecified atom stereocenters. The summed E-state index contributed by atoms with van der Waals surface area (Å²) in [4.78, 5) is 0. The minimum Gasteiger partial charge on any atom is -0.505 e. The third-order valence-electron chi connectivity index (χ3n) is 4.19. The number of benzene rings is 2. The zero-order valence-corrected chi connectivity index (χ0v) is 13.1. The number of rotatable bonds is 2. The van der Waals surface area contributed by atoms with Crippen molar-refractivity contribution < 1.29 is 27.8 Å². The van der Waals surface area contributed by atoms with Crippen LogP contribution in [-0.2, 0) is 5.41 Å². The van der Waals surface area contributed by atoms with E-state index < -0.39 is 40.2 Å². The van der Waals surface area contributed by atoms with Crippen molar-refractivity contribution in [2.24, 2.45) is 0 Å². The van der Waals surface area contributed by atoms with E-state index in [9.17, 15) is 27.8 Å². The lowest BCUT2D eigenvalue weighted by atomic mass is 9.76. The standard InChI is InChI=1S/C17H16F4O2/c1-7-11(18)5-9(15(22)13(7)20)17(3,4)10-6-12(19)8(2)14(21)16(10)23/h5-6,22-23H,1-4H3. The van der Waals surface area contributed by atoms with Crippen LogP contribution in [0, 0.1) is 37.1 Å². The number of hydrogen-bond donors (Lipinski definition) is 2. The molecule has 23 heavy (non-hydrogen) atoms. The van der Waals surface area contributed by atoms with E-state index in [2.05, 4.69) is 0 Å². The summed E-state index contributed by atoms with van der Waals surface area (Å²) in [6.07, 6.45) is 0. The highest BCUT2D eigenvalue weighted by molar-refractivity contribution is 5.53. The maximum Gasteiger partial charge on any atom is 0.170 e. The molecule has 0 aromatic heterocycles. The summed E-state index contributed by atoms with van der Waals surface area (Å²) in [7, 11) is 0. The second kappa shape index (κ2) is 5.44. The molecule has 0 aliphatic rings. The topological polar surface area (TPSA) is 40.5 Å². The van der Waals surface area contributed by atoms with Gasteiger partial charge in [-0.2, -0.15) is 0 Å². The molecule has 0 radical (unpaired) electrons. The van der Waals surface area contributed by atoms with Crippen LogP contribution in [0.2, 0.25) is 0 Å². The fourth-order valence-corrected chi connectivity index (χ4v) is 2.51. The van der Waals surface area contributed by atoms with Gasteiger partial charge in [0, 0.05) is 27.7 Å². The van der Waals surface area contributed by atoms with Gasteiger partial charge in [0.25, 0.3) is 0 Å². The maximum absolute atomic E-state index is 13.9. The summed E-state index contributed by atoms with van der Waals surface area (Å²) >= 11 is 0. The SMILES string of the molecule is Cc1c(F)cc(C(C)(C)c2cc(F)c(C)c(F)c2O)c(O)c1F. The van der Waals surface area contributed by atoms with Crippen molar-refractivity contribution in [2.45, 2.75) is 33.1 Å². The van der Waals surface area contributed by atoms with Gasteiger partial charge < -0.3 is 10.2 Å². The summed E-state index contributed by atoms with van der Waals surface area (Å²) in [6.45, 7) is 5.09. The molecule has 0 aliphatic carbocycles. The molecule has 2 aromatic rings. The van der Waals surface area contributed by atoms with Crippen LogP contribution in [0.5, 0.6) is 11.5 Å². The van der Waals surface area contributed by atoms with Gasteiger partial charge in [0.2, 0.25) is 0 Å². The van der Waals surface area contributed by atoms with Crippen molar-refractivity contribution in [1.29, 1.82) is 0 Å². The molecule has 6 heteroatoms. The highest BCUT2D eigenvalue weighted by Crippen LogP contribution is 2.44. The van der Waals surface area contributed by atoms with E-state index in [1.165, 1.54) is 13.8 Å². The van der Waals surface area contributed by atoms with Gasteiger partial charge in [0.05, 0.1) is 0 Å². The molecule has 0 atom stereocenters. The van der Waals surface area contributed by atoms with Gasteiger partial charge in [-0.3, -0.25) is 0 Å². The molecule has 0 aliphatic heterocycles. The Bertz CT molecular complexity index is 733. The molecule has 0 bridgehead atoms. The number of phenolic OH excluding ortho intramolecular Hbond substituents is 2. The quantitative estimate of drug-likeness (QED) is 0.791. The molecule has 2 rings (SSSR count). The third kappa shape index (κ3) is 2.52. The molecule has 0 saturated heterocycles. The molecule has 124 valence electrons. The van der Waals surface area contributed by atoms with E-state index in [0.717, 1.165) is 26.0 Å². The van der Waals surface area contributed by atoms with Crippen LogP contribution in [0.3, 0.4) is 0 Å². The molecular weight excluding hydrogens is 312 g/mol. The number of phenols is 2. The van der Waals surface area contributed by atoms with Gasteiger partial charge >= 0.3 is 0 Å². The van der Waals surface area contributed by atoms with E-state index in [1.807, 2.05) is 0 Å². The molecule has 2 aromatic carbocycles. The van der Waals surface area contributed by atoms with Gasteiger partial charge in [0.1, 0.15) is 11.6 Å². The van der Waals surface area contributed by atoms with Crippen LogP contribution >= 0.6 is 0 Å². The predicted molar refractivity (Wildman–Crippen MR) is 77.6 cm³/mol. The van der Waals surface area contributed by atoms with Crippen LogP contribution in [0.4, 0.5) is 17.6 Å². The second-order valence-electron chi connectivity index (χ2n) is 6.01. The smallest absolute Gasteiger partial charge is 0.170 e. The Hall–Kier alpha value is -2.24. The predicted octanol–water partition coefficient (Wildman–Crippen LogP) is 4.60. The van der Waals surface area contributed by atoms with Crippen LogP contribution in [-0.4, -0.2) is 10.2 Å². The van der Waals surface area contributed by atoms with Crippen LogP contribution < -0.4 is 0 Å². The first-order valence-corrected chi connectivity index (χ1v) is 6.86. The second-order valence-corrected chi connectivity index (χ2v) is 6.01. The zero-order chi connectivity index (χ0) is 17.7. The number of halogens is 4. The highest BCUT2D eigenvalue weighted by Gasteiger charge is 2.34. The highest BCUT2D eigenvalue weighted by atomic mass is 19.1. The Morgan fingerprint density at radius 1 is 0.739 bits per heavy atom. The Morgan fingerprint density at radius 3 is 1.35 bits per heavy atom. The first kappa shape index (κ1) is 17.1. The van der Waals surface area contributed by atoms with E-state index in [4.69, 9.17) is 0 Å². The van der Waals surface area contributed by atoms with E-state index in [-0.39, 0.29) is 22.3 Å². The Balaban J connectivity index is 2.79. The molecule has 2 nitrogen and oxygen atoms in total. The molecule has 0 heterocycles. The summed E-state index contributed by atoms with van der Waals surface area (Å²) in [6, 6.07) is 1.78. The van der Waals surface area contributed by atoms with Crippen molar-refractivity contribution in [3.8, 4) is 11.5 Å². The molecular formula is C17H16F4O2. The van der Waals surface area contributed by atoms with Crippen molar-refractivity contribution in [1.82, 2.24) is 0 Å². The van der Waals surface area contributed by atoms with Gasteiger partial charge in [0.15, 0.2) is 23.1 Å². The number of aromatic hydroxyl groups is 2. The molecule has 0 amide bonds. The summed E-state index contributed by atoms with van der Waals surface area (Å²) in [5, 5.41) is 19.9. The Kier molecular flexibility index (Phi) is 4.05. The lowest BCUT2D eigenvalue weighted by Gasteiger charge is -2.28. The van der Waals surface area contributed by atoms with Gasteiger partial charge in [-0.15, -0.1) is 0 Å². The van der Waals surface area contributed by atoms with E-state index in [0.29, 0.717) is 0 Å². The van der Waals surface area contributed by atoms with Crippen molar-refractivity contribution in [3.05, 3.63) is 57.7 Å². The largest absolute Gasteiger partial charge is 0.505 e. The monoisotopic (exact) mass is 328 g/mol. The fraction of sp³-hybridized carbons (Fsp3) is 0.294. The first-order chi connectivity index (χ1) is 10.5. The minimum atomic E-state index is -1.45. The van der Waals surface area contributed by atoms with E-state index in [1.54, 1.807) is 0 Å². The van der Waals surface area contributed by atoms with Crippen molar-refractivity contribution in [2.75, 3.05) is 0 Å². The summed E-state index contributed by atoms with van der Waals surface area (Å²) in [5.74, 6) is -5.77. The zero-order valence-electron chi connectivity index (χ0n) is 13.1. The van der Waals surface area contributed by atoms with E-state index >= 15 is 0 Å². The summed E-state index contributed by atoms with van der Waals surface area (Å²) < 4.78 is 55.5. The van der Waals surface area contributed by atoms with Gasteiger partial charge in [-0.25, -0.2) is 17.6 Å². The average molecular weight is 328 g/mol. The molecule has 0 spiro atoms. The van der Waals surface area contributed by atoms with Gasteiger partial charge in [-0.1, -0.05) is 13.8 Å². The maximum atomic E-state index is 13.9. The van der Waals surface area contributed by atoms with Crippen LogP contribution in [0.1, 0.15) is 36.1 Å². The molecule has 0 fully saturated rings. The van der Waals surface area contributed by atoms with Crippen molar-refractivity contribution in [3.63, 3.8) is 0 Å². The Morgan fingerprint density at radius 2 is 1.04 bits per heavy atom. The fourth-order valence-electron chi connectivity index (χ4n) is 2.51. The normalized spacial score (nSPS) is 11.8. The molecule has 0 saturated carbocycles. The lowest BCUT2D eigenvalue weighted by molar-refractivity contribution is 0.389.